The molecule has 8 nitrogen and oxygen atoms in total. The van der Waals surface area contributed by atoms with E-state index in [2.05, 4.69) is 0 Å². The molecule has 5 unspecified atom stereocenters. The highest BCUT2D eigenvalue weighted by Crippen LogP contribution is 2.64. The molecule has 0 radical (unpaired) electrons. The van der Waals surface area contributed by atoms with Crippen LogP contribution in [0, 0.1) is 18.3 Å². The van der Waals surface area contributed by atoms with E-state index in [0.29, 0.717) is 29.9 Å². The van der Waals surface area contributed by atoms with Crippen molar-refractivity contribution >= 4 is 11.9 Å². The van der Waals surface area contributed by atoms with Gasteiger partial charge in [0.25, 0.3) is 0 Å². The van der Waals surface area contributed by atoms with Crippen molar-refractivity contribution in [1.82, 2.24) is 0 Å². The summed E-state index contributed by atoms with van der Waals surface area (Å²) in [5.41, 5.74) is -1.98. The summed E-state index contributed by atoms with van der Waals surface area (Å²) in [7, 11) is 1.52. The Bertz CT molecular complexity index is 1080. The largest absolute Gasteiger partial charge is 0.495 e. The van der Waals surface area contributed by atoms with Crippen molar-refractivity contribution in [3.8, 4) is 11.5 Å². The van der Waals surface area contributed by atoms with Gasteiger partial charge in [-0.2, -0.15) is 0 Å². The molecule has 3 aliphatic heterocycles. The van der Waals surface area contributed by atoms with Gasteiger partial charge >= 0.3 is 11.9 Å². The first-order chi connectivity index (χ1) is 15.3. The molecule has 1 saturated heterocycles. The SMILES string of the molecule is COc1c2c(c(C)c3c1C(=O)OC3)OC1(C)CC(O)C3(O)C(C)(C)OC(=O)CCC3(C)C1C2. The van der Waals surface area contributed by atoms with Crippen molar-refractivity contribution in [2.45, 2.75) is 89.8 Å². The maximum atomic E-state index is 12.5. The van der Waals surface area contributed by atoms with Crippen molar-refractivity contribution in [2.75, 3.05) is 7.11 Å². The van der Waals surface area contributed by atoms with Gasteiger partial charge < -0.3 is 29.2 Å². The molecule has 0 aromatic heterocycles. The van der Waals surface area contributed by atoms with E-state index in [1.54, 1.807) is 13.8 Å². The summed E-state index contributed by atoms with van der Waals surface area (Å²) in [4.78, 5) is 25.0. The van der Waals surface area contributed by atoms with Crippen LogP contribution < -0.4 is 9.47 Å². The topological polar surface area (TPSA) is 112 Å². The Morgan fingerprint density at radius 1 is 1.09 bits per heavy atom. The Morgan fingerprint density at radius 2 is 1.79 bits per heavy atom. The first kappa shape index (κ1) is 22.5. The van der Waals surface area contributed by atoms with Gasteiger partial charge in [0.15, 0.2) is 0 Å². The molecule has 5 rings (SSSR count). The normalized spacial score (nSPS) is 38.5. The van der Waals surface area contributed by atoms with Gasteiger partial charge in [-0.1, -0.05) is 6.92 Å². The van der Waals surface area contributed by atoms with Crippen LogP contribution in [-0.4, -0.2) is 52.2 Å². The first-order valence-corrected chi connectivity index (χ1v) is 11.5. The van der Waals surface area contributed by atoms with Gasteiger partial charge in [0, 0.05) is 35.3 Å². The molecule has 3 heterocycles. The van der Waals surface area contributed by atoms with Gasteiger partial charge in [0.2, 0.25) is 0 Å². The lowest BCUT2D eigenvalue weighted by atomic mass is 9.46. The molecule has 2 fully saturated rings. The predicted molar refractivity (Wildman–Crippen MR) is 116 cm³/mol. The number of hydrogen-bond acceptors (Lipinski definition) is 8. The molecule has 1 aromatic carbocycles. The fraction of sp³-hybridized carbons (Fsp3) is 0.680. The van der Waals surface area contributed by atoms with Crippen LogP contribution >= 0.6 is 0 Å². The number of benzene rings is 1. The van der Waals surface area contributed by atoms with Crippen LogP contribution in [0.3, 0.4) is 0 Å². The van der Waals surface area contributed by atoms with Crippen LogP contribution in [0.15, 0.2) is 0 Å². The van der Waals surface area contributed by atoms with Crippen molar-refractivity contribution in [1.29, 1.82) is 0 Å². The van der Waals surface area contributed by atoms with Gasteiger partial charge in [0.1, 0.15) is 40.5 Å². The zero-order chi connectivity index (χ0) is 24.1. The summed E-state index contributed by atoms with van der Waals surface area (Å²) in [5, 5.41) is 23.5. The summed E-state index contributed by atoms with van der Waals surface area (Å²) >= 11 is 0. The third-order valence-electron chi connectivity index (χ3n) is 8.96. The molecule has 8 heteroatoms. The third-order valence-corrected chi connectivity index (χ3v) is 8.96. The number of fused-ring (bicyclic) bond motifs is 5. The van der Waals surface area contributed by atoms with Crippen molar-refractivity contribution in [2.24, 2.45) is 11.3 Å². The minimum absolute atomic E-state index is 0.126. The number of aliphatic hydroxyl groups is 2. The lowest BCUT2D eigenvalue weighted by molar-refractivity contribution is -0.302. The van der Waals surface area contributed by atoms with Crippen molar-refractivity contribution in [3.63, 3.8) is 0 Å². The van der Waals surface area contributed by atoms with E-state index in [1.807, 2.05) is 20.8 Å². The minimum Gasteiger partial charge on any atom is -0.495 e. The van der Waals surface area contributed by atoms with E-state index in [9.17, 15) is 19.8 Å². The molecule has 33 heavy (non-hydrogen) atoms. The smallest absolute Gasteiger partial charge is 0.342 e. The molecule has 1 aliphatic carbocycles. The number of rotatable bonds is 1. The Morgan fingerprint density at radius 3 is 2.45 bits per heavy atom. The highest BCUT2D eigenvalue weighted by atomic mass is 16.6. The first-order valence-electron chi connectivity index (χ1n) is 11.5. The highest BCUT2D eigenvalue weighted by molar-refractivity contribution is 5.98. The zero-order valence-electron chi connectivity index (χ0n) is 20.0. The summed E-state index contributed by atoms with van der Waals surface area (Å²) in [5.74, 6) is -0.0253. The second-order valence-electron chi connectivity index (χ2n) is 11.0. The predicted octanol–water partition coefficient (Wildman–Crippen LogP) is 2.60. The van der Waals surface area contributed by atoms with Crippen LogP contribution in [0.25, 0.3) is 0 Å². The second-order valence-corrected chi connectivity index (χ2v) is 11.0. The number of methoxy groups -OCH3 is 1. The fourth-order valence-electron chi connectivity index (χ4n) is 7.31. The second kappa shape index (κ2) is 6.63. The molecule has 4 aliphatic rings. The summed E-state index contributed by atoms with van der Waals surface area (Å²) < 4.78 is 23.3. The van der Waals surface area contributed by atoms with Gasteiger partial charge in [-0.15, -0.1) is 0 Å². The minimum atomic E-state index is -1.70. The lowest BCUT2D eigenvalue weighted by Gasteiger charge is -2.65. The highest BCUT2D eigenvalue weighted by Gasteiger charge is 2.73. The van der Waals surface area contributed by atoms with E-state index in [1.165, 1.54) is 7.11 Å². The molecular weight excluding hydrogens is 428 g/mol. The van der Waals surface area contributed by atoms with Crippen LogP contribution in [0.2, 0.25) is 0 Å². The Kier molecular flexibility index (Phi) is 4.51. The van der Waals surface area contributed by atoms with Crippen LogP contribution in [0.1, 0.15) is 74.0 Å². The van der Waals surface area contributed by atoms with E-state index in [4.69, 9.17) is 18.9 Å². The molecule has 2 N–H and O–H groups in total. The van der Waals surface area contributed by atoms with Crippen molar-refractivity contribution < 1.29 is 38.7 Å². The number of cyclic esters (lactones) is 2. The molecular formula is C25H32O8. The van der Waals surface area contributed by atoms with Gasteiger partial charge in [-0.25, -0.2) is 4.79 Å². The standard InChI is InChI=1S/C25H32O8/c1-12-14-11-31-21(28)18(14)20(30-6)13-9-15-23(4)8-7-17(27)32-22(2,3)25(23,29)16(26)10-24(15,5)33-19(12)13/h15-16,26,29H,7-11H2,1-6H3. The third kappa shape index (κ3) is 2.59. The van der Waals surface area contributed by atoms with E-state index in [0.717, 1.165) is 16.7 Å². The summed E-state index contributed by atoms with van der Waals surface area (Å²) in [6.07, 6.45) is -0.102. The fourth-order valence-corrected chi connectivity index (χ4v) is 7.31. The molecule has 0 spiro atoms. The number of ether oxygens (including phenoxy) is 4. The summed E-state index contributed by atoms with van der Waals surface area (Å²) in [6, 6.07) is 0. The van der Waals surface area contributed by atoms with Gasteiger partial charge in [-0.05, 0) is 46.1 Å². The molecule has 1 aromatic rings. The van der Waals surface area contributed by atoms with E-state index < -0.39 is 40.3 Å². The van der Waals surface area contributed by atoms with Crippen LogP contribution in [0.5, 0.6) is 11.5 Å². The molecule has 0 bridgehead atoms. The van der Waals surface area contributed by atoms with Gasteiger partial charge in [0.05, 0.1) is 13.2 Å². The Hall–Kier alpha value is -2.32. The molecule has 0 amide bonds. The Labute approximate surface area is 193 Å². The number of carbonyl (C=O) groups is 2. The number of esters is 2. The summed E-state index contributed by atoms with van der Waals surface area (Å²) in [6.45, 7) is 9.26. The quantitative estimate of drug-likeness (QED) is 0.615. The van der Waals surface area contributed by atoms with Crippen LogP contribution in [-0.2, 0) is 27.3 Å². The zero-order valence-corrected chi connectivity index (χ0v) is 20.0. The lowest BCUT2D eigenvalue weighted by Crippen LogP contribution is -2.76. The number of aliphatic hydroxyl groups excluding tert-OH is 1. The van der Waals surface area contributed by atoms with Crippen LogP contribution in [0.4, 0.5) is 0 Å². The van der Waals surface area contributed by atoms with Crippen molar-refractivity contribution in [3.05, 3.63) is 22.3 Å². The maximum absolute atomic E-state index is 12.5. The number of carbonyl (C=O) groups excluding carboxylic acids is 2. The monoisotopic (exact) mass is 460 g/mol. The number of hydrogen-bond donors (Lipinski definition) is 2. The average Bonchev–Trinajstić information content (AvgIpc) is 3.09. The van der Waals surface area contributed by atoms with Gasteiger partial charge in [-0.3, -0.25) is 4.79 Å². The Balaban J connectivity index is 1.73. The van der Waals surface area contributed by atoms with E-state index in [-0.39, 0.29) is 25.4 Å². The maximum Gasteiger partial charge on any atom is 0.342 e. The average molecular weight is 461 g/mol. The molecule has 5 atom stereocenters. The molecule has 180 valence electrons. The van der Waals surface area contributed by atoms with E-state index >= 15 is 0 Å². The molecule has 1 saturated carbocycles.